The van der Waals surface area contributed by atoms with Crippen LogP contribution in [0.4, 0.5) is 0 Å². The number of rotatable bonds is 5. The predicted molar refractivity (Wildman–Crippen MR) is 83.1 cm³/mol. The van der Waals surface area contributed by atoms with Gasteiger partial charge in [-0.2, -0.15) is 0 Å². The Kier molecular flexibility index (Phi) is 5.27. The standard InChI is InChI=1S/C13H12Br2N2O4/c1-19-11-4-9(15)12(5-8(11)14)20-6-7-2-3-10(21-7)13(18)17-16/h2-5H,6,16H2,1H3,(H,17,18). The second-order valence-corrected chi connectivity index (χ2v) is 5.65. The smallest absolute Gasteiger partial charge is 0.300 e. The number of nitrogens with two attached hydrogens (primary N) is 1. The summed E-state index contributed by atoms with van der Waals surface area (Å²) >= 11 is 6.78. The molecule has 0 aliphatic heterocycles. The van der Waals surface area contributed by atoms with E-state index in [0.29, 0.717) is 17.3 Å². The van der Waals surface area contributed by atoms with Crippen LogP contribution in [0.1, 0.15) is 16.3 Å². The Balaban J connectivity index is 2.08. The first-order valence-electron chi connectivity index (χ1n) is 5.80. The third kappa shape index (κ3) is 3.78. The molecule has 1 heterocycles. The minimum absolute atomic E-state index is 0.131. The summed E-state index contributed by atoms with van der Waals surface area (Å²) in [4.78, 5) is 11.3. The number of hydrogen-bond acceptors (Lipinski definition) is 5. The molecule has 21 heavy (non-hydrogen) atoms. The Hall–Kier alpha value is -1.51. The van der Waals surface area contributed by atoms with Crippen LogP contribution in [0.5, 0.6) is 11.5 Å². The van der Waals surface area contributed by atoms with Crippen LogP contribution in [-0.4, -0.2) is 13.0 Å². The van der Waals surface area contributed by atoms with Crippen LogP contribution in [0.25, 0.3) is 0 Å². The monoisotopic (exact) mass is 418 g/mol. The SMILES string of the molecule is COc1cc(Br)c(OCc2ccc(C(=O)NN)o2)cc1Br. The molecule has 0 fully saturated rings. The first kappa shape index (κ1) is 15.9. The number of nitrogens with one attached hydrogen (secondary N) is 1. The van der Waals surface area contributed by atoms with Gasteiger partial charge in [0.15, 0.2) is 5.76 Å². The number of hydrazine groups is 1. The molecule has 1 aromatic carbocycles. The van der Waals surface area contributed by atoms with Crippen LogP contribution in [0.15, 0.2) is 37.6 Å². The van der Waals surface area contributed by atoms with Gasteiger partial charge in [0.05, 0.1) is 16.1 Å². The van der Waals surface area contributed by atoms with Gasteiger partial charge in [-0.3, -0.25) is 10.2 Å². The van der Waals surface area contributed by atoms with Crippen LogP contribution in [0.3, 0.4) is 0 Å². The molecule has 0 aliphatic rings. The summed E-state index contributed by atoms with van der Waals surface area (Å²) in [6, 6.07) is 6.74. The lowest BCUT2D eigenvalue weighted by molar-refractivity contribution is 0.0922. The highest BCUT2D eigenvalue weighted by atomic mass is 79.9. The van der Waals surface area contributed by atoms with Gasteiger partial charge in [-0.15, -0.1) is 0 Å². The molecule has 0 atom stereocenters. The van der Waals surface area contributed by atoms with Gasteiger partial charge < -0.3 is 13.9 Å². The summed E-state index contributed by atoms with van der Waals surface area (Å²) in [5.41, 5.74) is 2.00. The lowest BCUT2D eigenvalue weighted by Gasteiger charge is -2.10. The van der Waals surface area contributed by atoms with Crippen LogP contribution in [0, 0.1) is 0 Å². The Bertz CT molecular complexity index is 658. The molecule has 6 nitrogen and oxygen atoms in total. The molecule has 1 aromatic heterocycles. The molecular weight excluding hydrogens is 408 g/mol. The second kappa shape index (κ2) is 6.97. The number of furan rings is 1. The highest BCUT2D eigenvalue weighted by Crippen LogP contribution is 2.36. The Morgan fingerprint density at radius 1 is 1.29 bits per heavy atom. The topological polar surface area (TPSA) is 86.7 Å². The molecule has 0 spiro atoms. The fourth-order valence-electron chi connectivity index (χ4n) is 1.57. The van der Waals surface area contributed by atoms with Crippen molar-refractivity contribution >= 4 is 37.8 Å². The van der Waals surface area contributed by atoms with Crippen LogP contribution in [0.2, 0.25) is 0 Å². The van der Waals surface area contributed by atoms with E-state index < -0.39 is 5.91 Å². The molecule has 1 amide bonds. The van der Waals surface area contributed by atoms with Gasteiger partial charge in [0.25, 0.3) is 0 Å². The van der Waals surface area contributed by atoms with Gasteiger partial charge in [0, 0.05) is 0 Å². The van der Waals surface area contributed by atoms with Crippen molar-refractivity contribution in [2.75, 3.05) is 7.11 Å². The summed E-state index contributed by atoms with van der Waals surface area (Å²) in [6.07, 6.45) is 0. The first-order chi connectivity index (χ1) is 10.0. The largest absolute Gasteiger partial charge is 0.496 e. The number of nitrogen functional groups attached to an aromatic ring is 1. The lowest BCUT2D eigenvalue weighted by Crippen LogP contribution is -2.29. The van der Waals surface area contributed by atoms with Crippen molar-refractivity contribution < 1.29 is 18.7 Å². The Morgan fingerprint density at radius 3 is 2.62 bits per heavy atom. The maximum absolute atomic E-state index is 11.3. The summed E-state index contributed by atoms with van der Waals surface area (Å²) < 4.78 is 17.6. The molecule has 0 aliphatic carbocycles. The van der Waals surface area contributed by atoms with Gasteiger partial charge in [-0.25, -0.2) is 5.84 Å². The highest BCUT2D eigenvalue weighted by molar-refractivity contribution is 9.11. The minimum atomic E-state index is -0.491. The molecular formula is C13H12Br2N2O4. The van der Waals surface area contributed by atoms with Crippen molar-refractivity contribution in [1.82, 2.24) is 5.43 Å². The van der Waals surface area contributed by atoms with E-state index in [-0.39, 0.29) is 12.4 Å². The van der Waals surface area contributed by atoms with E-state index >= 15 is 0 Å². The average molecular weight is 420 g/mol. The summed E-state index contributed by atoms with van der Waals surface area (Å²) in [5, 5.41) is 0. The van der Waals surface area contributed by atoms with Crippen molar-refractivity contribution in [1.29, 1.82) is 0 Å². The normalized spacial score (nSPS) is 10.3. The molecule has 0 saturated carbocycles. The third-order valence-electron chi connectivity index (χ3n) is 2.59. The number of amides is 1. The predicted octanol–water partition coefficient (Wildman–Crippen LogP) is 3.00. The van der Waals surface area contributed by atoms with Crippen LogP contribution >= 0.6 is 31.9 Å². The number of hydrogen-bond donors (Lipinski definition) is 2. The van der Waals surface area contributed by atoms with E-state index in [4.69, 9.17) is 19.7 Å². The number of carbonyl (C=O) groups is 1. The summed E-state index contributed by atoms with van der Waals surface area (Å²) in [7, 11) is 1.58. The Morgan fingerprint density at radius 2 is 1.95 bits per heavy atom. The molecule has 8 heteroatoms. The second-order valence-electron chi connectivity index (χ2n) is 3.95. The molecule has 0 unspecified atom stereocenters. The van der Waals surface area contributed by atoms with E-state index in [9.17, 15) is 4.79 Å². The highest BCUT2D eigenvalue weighted by Gasteiger charge is 2.12. The van der Waals surface area contributed by atoms with Crippen LogP contribution in [-0.2, 0) is 6.61 Å². The molecule has 3 N–H and O–H groups in total. The van der Waals surface area contributed by atoms with Crippen molar-refractivity contribution in [3.8, 4) is 11.5 Å². The minimum Gasteiger partial charge on any atom is -0.496 e. The third-order valence-corrected chi connectivity index (χ3v) is 3.83. The van der Waals surface area contributed by atoms with Gasteiger partial charge in [-0.1, -0.05) is 0 Å². The number of carbonyl (C=O) groups excluding carboxylic acids is 1. The van der Waals surface area contributed by atoms with E-state index in [1.807, 2.05) is 5.43 Å². The number of ether oxygens (including phenoxy) is 2. The zero-order valence-corrected chi connectivity index (χ0v) is 14.2. The molecule has 2 aromatic rings. The van der Waals surface area contributed by atoms with Gasteiger partial charge in [0.2, 0.25) is 0 Å². The Labute approximate surface area is 137 Å². The van der Waals surface area contributed by atoms with E-state index in [1.54, 1.807) is 25.3 Å². The quantitative estimate of drug-likeness (QED) is 0.442. The van der Waals surface area contributed by atoms with Crippen molar-refractivity contribution in [3.05, 3.63) is 44.7 Å². The van der Waals surface area contributed by atoms with Gasteiger partial charge >= 0.3 is 5.91 Å². The van der Waals surface area contributed by atoms with Crippen molar-refractivity contribution in [3.63, 3.8) is 0 Å². The van der Waals surface area contributed by atoms with E-state index in [0.717, 1.165) is 8.95 Å². The summed E-state index contributed by atoms with van der Waals surface area (Å²) in [6.45, 7) is 0.176. The summed E-state index contributed by atoms with van der Waals surface area (Å²) in [5.74, 6) is 6.48. The number of benzene rings is 1. The fraction of sp³-hybridized carbons (Fsp3) is 0.154. The first-order valence-corrected chi connectivity index (χ1v) is 7.39. The van der Waals surface area contributed by atoms with Crippen molar-refractivity contribution in [2.45, 2.75) is 6.61 Å². The molecule has 2 rings (SSSR count). The lowest BCUT2D eigenvalue weighted by atomic mass is 10.3. The number of methoxy groups -OCH3 is 1. The average Bonchev–Trinajstić information content (AvgIpc) is 2.95. The molecule has 112 valence electrons. The fourth-order valence-corrected chi connectivity index (χ4v) is 2.50. The molecule has 0 radical (unpaired) electrons. The van der Waals surface area contributed by atoms with Crippen molar-refractivity contribution in [2.24, 2.45) is 5.84 Å². The molecule has 0 bridgehead atoms. The zero-order valence-electron chi connectivity index (χ0n) is 11.0. The van der Waals surface area contributed by atoms with Crippen LogP contribution < -0.4 is 20.7 Å². The number of halogens is 2. The maximum Gasteiger partial charge on any atom is 0.300 e. The van der Waals surface area contributed by atoms with E-state index in [2.05, 4.69) is 31.9 Å². The molecule has 0 saturated heterocycles. The maximum atomic E-state index is 11.3. The van der Waals surface area contributed by atoms with E-state index in [1.165, 1.54) is 6.07 Å². The van der Waals surface area contributed by atoms with Gasteiger partial charge in [-0.05, 0) is 56.1 Å². The zero-order chi connectivity index (χ0) is 15.4. The van der Waals surface area contributed by atoms with Gasteiger partial charge in [0.1, 0.15) is 23.9 Å².